The molecular formula is C22H24N2O4. The Kier molecular flexibility index (Phi) is 5.48. The Hall–Kier alpha value is -2.99. The minimum atomic E-state index is -0.00927. The highest BCUT2D eigenvalue weighted by Gasteiger charge is 2.16. The van der Waals surface area contributed by atoms with Crippen molar-refractivity contribution in [3.63, 3.8) is 0 Å². The second-order valence-corrected chi connectivity index (χ2v) is 6.98. The molecule has 6 heteroatoms. The van der Waals surface area contributed by atoms with Crippen LogP contribution in [0.2, 0.25) is 0 Å². The van der Waals surface area contributed by atoms with Crippen molar-refractivity contribution in [1.29, 1.82) is 0 Å². The topological polar surface area (TPSA) is 71.0 Å². The molecule has 0 fully saturated rings. The van der Waals surface area contributed by atoms with Crippen molar-refractivity contribution in [2.75, 3.05) is 38.2 Å². The van der Waals surface area contributed by atoms with E-state index < -0.39 is 0 Å². The molecule has 146 valence electrons. The van der Waals surface area contributed by atoms with Gasteiger partial charge in [0, 0.05) is 37.8 Å². The quantitative estimate of drug-likeness (QED) is 0.833. The third-order valence-electron chi connectivity index (χ3n) is 5.01. The lowest BCUT2D eigenvalue weighted by atomic mass is 9.99. The van der Waals surface area contributed by atoms with Gasteiger partial charge in [0.1, 0.15) is 19.0 Å². The van der Waals surface area contributed by atoms with Gasteiger partial charge in [0.2, 0.25) is 5.91 Å². The van der Waals surface area contributed by atoms with Gasteiger partial charge in [-0.2, -0.15) is 0 Å². The number of hydrogen-bond donors (Lipinski definition) is 2. The van der Waals surface area contributed by atoms with Crippen LogP contribution in [-0.2, 0) is 4.79 Å². The van der Waals surface area contributed by atoms with Gasteiger partial charge in [-0.3, -0.25) is 9.69 Å². The Morgan fingerprint density at radius 3 is 2.61 bits per heavy atom. The van der Waals surface area contributed by atoms with Crippen LogP contribution in [0.1, 0.15) is 18.4 Å². The van der Waals surface area contributed by atoms with Crippen LogP contribution in [0.3, 0.4) is 0 Å². The van der Waals surface area contributed by atoms with Crippen molar-refractivity contribution < 1.29 is 19.4 Å². The van der Waals surface area contributed by atoms with Gasteiger partial charge in [-0.1, -0.05) is 18.2 Å². The zero-order chi connectivity index (χ0) is 19.3. The summed E-state index contributed by atoms with van der Waals surface area (Å²) >= 11 is 0. The Bertz CT molecular complexity index is 877. The highest BCUT2D eigenvalue weighted by atomic mass is 16.6. The first-order chi connectivity index (χ1) is 13.7. The Balaban J connectivity index is 1.26. The van der Waals surface area contributed by atoms with Crippen LogP contribution < -0.4 is 14.8 Å². The molecule has 0 spiro atoms. The number of fused-ring (bicyclic) bond motifs is 1. The lowest BCUT2D eigenvalue weighted by molar-refractivity contribution is -0.116. The van der Waals surface area contributed by atoms with E-state index in [4.69, 9.17) is 9.47 Å². The van der Waals surface area contributed by atoms with Crippen molar-refractivity contribution >= 4 is 17.2 Å². The average molecular weight is 380 g/mol. The molecule has 2 N–H and O–H groups in total. The maximum absolute atomic E-state index is 12.3. The first kappa shape index (κ1) is 18.4. The number of anilines is 1. The van der Waals surface area contributed by atoms with Gasteiger partial charge in [-0.25, -0.2) is 0 Å². The second kappa shape index (κ2) is 8.35. The van der Waals surface area contributed by atoms with Gasteiger partial charge >= 0.3 is 0 Å². The van der Waals surface area contributed by atoms with Crippen molar-refractivity contribution in [1.82, 2.24) is 4.90 Å². The number of amides is 1. The molecule has 0 atom stereocenters. The SMILES string of the molecule is O=C(CCN1CC=C(c2ccc(O)cc2)CC1)Nc1ccc2c(c1)OCCO2. The third kappa shape index (κ3) is 4.46. The molecule has 28 heavy (non-hydrogen) atoms. The van der Waals surface area contributed by atoms with Crippen molar-refractivity contribution in [3.8, 4) is 17.2 Å². The third-order valence-corrected chi connectivity index (χ3v) is 5.01. The summed E-state index contributed by atoms with van der Waals surface area (Å²) in [5, 5.41) is 12.3. The number of aromatic hydroxyl groups is 1. The zero-order valence-electron chi connectivity index (χ0n) is 15.7. The van der Waals surface area contributed by atoms with Gasteiger partial charge in [0.15, 0.2) is 11.5 Å². The minimum Gasteiger partial charge on any atom is -0.508 e. The van der Waals surface area contributed by atoms with E-state index in [1.807, 2.05) is 24.3 Å². The molecule has 4 rings (SSSR count). The summed E-state index contributed by atoms with van der Waals surface area (Å²) in [7, 11) is 0. The fourth-order valence-corrected chi connectivity index (χ4v) is 3.46. The summed E-state index contributed by atoms with van der Waals surface area (Å²) in [4.78, 5) is 14.6. The van der Waals surface area contributed by atoms with E-state index in [1.54, 1.807) is 18.2 Å². The van der Waals surface area contributed by atoms with Gasteiger partial charge in [-0.15, -0.1) is 0 Å². The van der Waals surface area contributed by atoms with E-state index in [2.05, 4.69) is 16.3 Å². The minimum absolute atomic E-state index is 0.00927. The predicted octanol–water partition coefficient (Wildman–Crippen LogP) is 3.28. The fourth-order valence-electron chi connectivity index (χ4n) is 3.46. The monoisotopic (exact) mass is 380 g/mol. The molecule has 1 amide bonds. The van der Waals surface area contributed by atoms with Crippen LogP contribution in [0.4, 0.5) is 5.69 Å². The van der Waals surface area contributed by atoms with Crippen molar-refractivity contribution in [2.45, 2.75) is 12.8 Å². The number of nitrogens with one attached hydrogen (secondary N) is 1. The highest BCUT2D eigenvalue weighted by Crippen LogP contribution is 2.32. The van der Waals surface area contributed by atoms with Crippen LogP contribution in [0, 0.1) is 0 Å². The molecular weight excluding hydrogens is 356 g/mol. The Morgan fingerprint density at radius 2 is 1.86 bits per heavy atom. The largest absolute Gasteiger partial charge is 0.508 e. The fraction of sp³-hybridized carbons (Fsp3) is 0.318. The first-order valence-corrected chi connectivity index (χ1v) is 9.58. The normalized spacial score (nSPS) is 16.4. The second-order valence-electron chi connectivity index (χ2n) is 6.98. The van der Waals surface area contributed by atoms with E-state index in [0.717, 1.165) is 37.3 Å². The van der Waals surface area contributed by atoms with E-state index in [-0.39, 0.29) is 11.7 Å². The van der Waals surface area contributed by atoms with E-state index in [9.17, 15) is 9.90 Å². The summed E-state index contributed by atoms with van der Waals surface area (Å²) in [5.74, 6) is 1.66. The molecule has 6 nitrogen and oxygen atoms in total. The van der Waals surface area contributed by atoms with Gasteiger partial charge in [0.05, 0.1) is 0 Å². The molecule has 2 aliphatic heterocycles. The van der Waals surface area contributed by atoms with Crippen LogP contribution in [0.25, 0.3) is 5.57 Å². The molecule has 0 saturated heterocycles. The molecule has 0 saturated carbocycles. The first-order valence-electron chi connectivity index (χ1n) is 9.58. The number of phenols is 1. The summed E-state index contributed by atoms with van der Waals surface area (Å²) in [6.45, 7) is 3.55. The van der Waals surface area contributed by atoms with Gasteiger partial charge < -0.3 is 19.9 Å². The Morgan fingerprint density at radius 1 is 1.07 bits per heavy atom. The van der Waals surface area contributed by atoms with E-state index in [0.29, 0.717) is 31.1 Å². The van der Waals surface area contributed by atoms with Crippen molar-refractivity contribution in [2.24, 2.45) is 0 Å². The average Bonchev–Trinajstić information content (AvgIpc) is 2.73. The maximum Gasteiger partial charge on any atom is 0.225 e. The number of phenolic OH excluding ortho intramolecular Hbond substituents is 1. The zero-order valence-corrected chi connectivity index (χ0v) is 15.7. The molecule has 0 unspecified atom stereocenters. The lowest BCUT2D eigenvalue weighted by Crippen LogP contribution is -2.31. The molecule has 0 aromatic heterocycles. The van der Waals surface area contributed by atoms with E-state index >= 15 is 0 Å². The summed E-state index contributed by atoms with van der Waals surface area (Å²) in [5.41, 5.74) is 3.16. The highest BCUT2D eigenvalue weighted by molar-refractivity contribution is 5.91. The molecule has 2 aromatic rings. The number of ether oxygens (including phenoxy) is 2. The van der Waals surface area contributed by atoms with Crippen LogP contribution >= 0.6 is 0 Å². The van der Waals surface area contributed by atoms with Crippen LogP contribution in [-0.4, -0.2) is 48.8 Å². The standard InChI is InChI=1S/C22H24N2O4/c25-19-4-1-16(2-5-19)17-7-10-24(11-8-17)12-9-22(26)23-18-3-6-20-21(15-18)28-14-13-27-20/h1-7,15,25H,8-14H2,(H,23,26). The lowest BCUT2D eigenvalue weighted by Gasteiger charge is -2.26. The van der Waals surface area contributed by atoms with E-state index in [1.165, 1.54) is 5.57 Å². The predicted molar refractivity (Wildman–Crippen MR) is 108 cm³/mol. The number of carbonyl (C=O) groups excluding carboxylic acids is 1. The summed E-state index contributed by atoms with van der Waals surface area (Å²) in [6, 6.07) is 12.8. The molecule has 2 aliphatic rings. The molecule has 0 aliphatic carbocycles. The number of hydrogen-bond acceptors (Lipinski definition) is 5. The summed E-state index contributed by atoms with van der Waals surface area (Å²) < 4.78 is 11.0. The van der Waals surface area contributed by atoms with Crippen LogP contribution in [0.15, 0.2) is 48.5 Å². The smallest absolute Gasteiger partial charge is 0.225 e. The molecule has 2 aromatic carbocycles. The number of nitrogens with zero attached hydrogens (tertiary/aromatic N) is 1. The van der Waals surface area contributed by atoms with Gasteiger partial charge in [0.25, 0.3) is 0 Å². The summed E-state index contributed by atoms with van der Waals surface area (Å²) in [6.07, 6.45) is 3.58. The Labute approximate surface area is 164 Å². The number of carbonyl (C=O) groups is 1. The maximum atomic E-state index is 12.3. The number of benzene rings is 2. The molecule has 0 radical (unpaired) electrons. The van der Waals surface area contributed by atoms with Crippen molar-refractivity contribution in [3.05, 3.63) is 54.1 Å². The molecule has 0 bridgehead atoms. The van der Waals surface area contributed by atoms with Gasteiger partial charge in [-0.05, 0) is 41.8 Å². The molecule has 2 heterocycles. The van der Waals surface area contributed by atoms with Crippen LogP contribution in [0.5, 0.6) is 17.2 Å². The number of rotatable bonds is 5.